The molecule has 0 aliphatic rings. The molecule has 0 radical (unpaired) electrons. The molecule has 4 heteroatoms. The van der Waals surface area contributed by atoms with Gasteiger partial charge in [-0.05, 0) is 42.8 Å². The van der Waals surface area contributed by atoms with E-state index in [0.717, 1.165) is 10.5 Å². The number of nitrogen functional groups attached to an aromatic ring is 1. The van der Waals surface area contributed by atoms with E-state index in [1.807, 2.05) is 19.1 Å². The molecule has 0 unspecified atom stereocenters. The van der Waals surface area contributed by atoms with Crippen molar-refractivity contribution < 1.29 is 8.78 Å². The molecule has 0 fully saturated rings. The van der Waals surface area contributed by atoms with Crippen LogP contribution in [0.2, 0.25) is 0 Å². The van der Waals surface area contributed by atoms with Crippen LogP contribution in [0.5, 0.6) is 0 Å². The Hall–Kier alpha value is -1.55. The fourth-order valence-corrected chi connectivity index (χ4v) is 2.68. The zero-order valence-corrected chi connectivity index (χ0v) is 10.7. The van der Waals surface area contributed by atoms with Crippen molar-refractivity contribution in [2.24, 2.45) is 0 Å². The Kier molecular flexibility index (Phi) is 3.87. The molecule has 0 aromatic heterocycles. The summed E-state index contributed by atoms with van der Waals surface area (Å²) in [6.07, 6.45) is 0. The highest BCUT2D eigenvalue weighted by molar-refractivity contribution is 7.98. The normalized spacial score (nSPS) is 10.6. The topological polar surface area (TPSA) is 26.0 Å². The maximum absolute atomic E-state index is 13.4. The third-order valence-corrected chi connectivity index (χ3v) is 3.83. The minimum Gasteiger partial charge on any atom is -0.399 e. The van der Waals surface area contributed by atoms with Crippen LogP contribution < -0.4 is 5.73 Å². The Balaban J connectivity index is 2.16. The average Bonchev–Trinajstić information content (AvgIpc) is 2.31. The maximum Gasteiger partial charge on any atom is 0.130 e. The Morgan fingerprint density at radius 1 is 1.11 bits per heavy atom. The summed E-state index contributed by atoms with van der Waals surface area (Å²) < 4.78 is 26.9. The van der Waals surface area contributed by atoms with Crippen LogP contribution in [0.15, 0.2) is 41.3 Å². The van der Waals surface area contributed by atoms with Gasteiger partial charge in [-0.2, -0.15) is 0 Å². The Morgan fingerprint density at radius 2 is 1.78 bits per heavy atom. The van der Waals surface area contributed by atoms with Crippen LogP contribution >= 0.6 is 11.8 Å². The lowest BCUT2D eigenvalue weighted by atomic mass is 10.2. The molecule has 0 amide bonds. The summed E-state index contributed by atoms with van der Waals surface area (Å²) in [5.74, 6) is -0.741. The van der Waals surface area contributed by atoms with E-state index in [1.165, 1.54) is 30.0 Å². The Labute approximate surface area is 109 Å². The molecule has 2 rings (SSSR count). The van der Waals surface area contributed by atoms with Crippen LogP contribution in [0.25, 0.3) is 0 Å². The van der Waals surface area contributed by atoms with Gasteiger partial charge >= 0.3 is 0 Å². The lowest BCUT2D eigenvalue weighted by Gasteiger charge is -2.08. The second-order valence-corrected chi connectivity index (χ2v) is 5.03. The van der Waals surface area contributed by atoms with Gasteiger partial charge in [-0.3, -0.25) is 0 Å². The summed E-state index contributed by atoms with van der Waals surface area (Å²) in [5, 5.41) is 0. The van der Waals surface area contributed by atoms with Crippen molar-refractivity contribution >= 4 is 17.4 Å². The molecule has 18 heavy (non-hydrogen) atoms. The second-order valence-electron chi connectivity index (χ2n) is 4.01. The minimum absolute atomic E-state index is 0.110. The van der Waals surface area contributed by atoms with Gasteiger partial charge in [0.2, 0.25) is 0 Å². The summed E-state index contributed by atoms with van der Waals surface area (Å²) in [6.45, 7) is 1.93. The van der Waals surface area contributed by atoms with Gasteiger partial charge in [-0.25, -0.2) is 8.78 Å². The average molecular weight is 265 g/mol. The van der Waals surface area contributed by atoms with E-state index in [9.17, 15) is 8.78 Å². The lowest BCUT2D eigenvalue weighted by Crippen LogP contribution is -1.93. The number of nitrogens with two attached hydrogens (primary N) is 1. The van der Waals surface area contributed by atoms with Crippen molar-refractivity contribution in [2.75, 3.05) is 5.73 Å². The molecular weight excluding hydrogens is 252 g/mol. The molecule has 0 atom stereocenters. The number of rotatable bonds is 3. The first kappa shape index (κ1) is 12.9. The quantitative estimate of drug-likeness (QED) is 0.666. The number of anilines is 1. The van der Waals surface area contributed by atoms with E-state index in [-0.39, 0.29) is 11.3 Å². The summed E-state index contributed by atoms with van der Waals surface area (Å²) in [6, 6.07) is 9.41. The molecule has 0 saturated heterocycles. The third kappa shape index (κ3) is 2.82. The highest BCUT2D eigenvalue weighted by atomic mass is 32.2. The van der Waals surface area contributed by atoms with Crippen LogP contribution in [-0.4, -0.2) is 0 Å². The van der Waals surface area contributed by atoms with Crippen molar-refractivity contribution in [1.29, 1.82) is 0 Å². The van der Waals surface area contributed by atoms with Gasteiger partial charge in [0.1, 0.15) is 11.6 Å². The van der Waals surface area contributed by atoms with Gasteiger partial charge in [0.25, 0.3) is 0 Å². The fraction of sp³-hybridized carbons (Fsp3) is 0.143. The number of hydrogen-bond donors (Lipinski definition) is 1. The van der Waals surface area contributed by atoms with Gasteiger partial charge in [0.15, 0.2) is 0 Å². The Bertz CT molecular complexity index is 549. The molecule has 2 N–H and O–H groups in total. The van der Waals surface area contributed by atoms with E-state index >= 15 is 0 Å². The van der Waals surface area contributed by atoms with Gasteiger partial charge in [-0.15, -0.1) is 11.8 Å². The molecule has 2 aromatic rings. The number of aryl methyl sites for hydroxylation is 1. The highest BCUT2D eigenvalue weighted by Gasteiger charge is 2.09. The van der Waals surface area contributed by atoms with Crippen LogP contribution in [-0.2, 0) is 5.75 Å². The zero-order chi connectivity index (χ0) is 13.1. The lowest BCUT2D eigenvalue weighted by molar-refractivity contribution is 0.566. The van der Waals surface area contributed by atoms with Crippen LogP contribution in [0.3, 0.4) is 0 Å². The first-order valence-electron chi connectivity index (χ1n) is 5.50. The van der Waals surface area contributed by atoms with Crippen LogP contribution in [0, 0.1) is 18.6 Å². The van der Waals surface area contributed by atoms with E-state index < -0.39 is 11.6 Å². The van der Waals surface area contributed by atoms with E-state index in [0.29, 0.717) is 5.69 Å². The predicted octanol–water partition coefficient (Wildman–Crippen LogP) is 4.15. The number of thioether (sulfide) groups is 1. The van der Waals surface area contributed by atoms with Crippen molar-refractivity contribution in [3.05, 3.63) is 59.2 Å². The summed E-state index contributed by atoms with van der Waals surface area (Å²) in [7, 11) is 0. The highest BCUT2D eigenvalue weighted by Crippen LogP contribution is 2.29. The van der Waals surface area contributed by atoms with E-state index in [2.05, 4.69) is 0 Å². The molecular formula is C14H13F2NS. The Morgan fingerprint density at radius 3 is 2.39 bits per heavy atom. The van der Waals surface area contributed by atoms with Crippen molar-refractivity contribution in [3.63, 3.8) is 0 Å². The van der Waals surface area contributed by atoms with Gasteiger partial charge in [-0.1, -0.05) is 6.07 Å². The van der Waals surface area contributed by atoms with Crippen molar-refractivity contribution in [1.82, 2.24) is 0 Å². The molecule has 1 nitrogen and oxygen atoms in total. The predicted molar refractivity (Wildman–Crippen MR) is 71.5 cm³/mol. The monoisotopic (exact) mass is 265 g/mol. The largest absolute Gasteiger partial charge is 0.399 e. The third-order valence-electron chi connectivity index (χ3n) is 2.63. The van der Waals surface area contributed by atoms with Crippen molar-refractivity contribution in [2.45, 2.75) is 17.6 Å². The summed E-state index contributed by atoms with van der Waals surface area (Å²) >= 11 is 1.40. The van der Waals surface area contributed by atoms with Crippen LogP contribution in [0.1, 0.15) is 11.1 Å². The van der Waals surface area contributed by atoms with Gasteiger partial charge < -0.3 is 5.73 Å². The molecule has 0 heterocycles. The molecule has 0 saturated carbocycles. The number of halogens is 2. The molecule has 2 aromatic carbocycles. The molecule has 0 aliphatic carbocycles. The minimum atomic E-state index is -0.504. The standard InChI is InChI=1S/C14H13F2NS/c1-9-7-10(17)5-6-14(9)18-8-11-12(15)3-2-4-13(11)16/h2-7H,8,17H2,1H3. The summed E-state index contributed by atoms with van der Waals surface area (Å²) in [5.41, 5.74) is 7.46. The number of benzene rings is 2. The zero-order valence-electron chi connectivity index (χ0n) is 9.91. The first-order chi connectivity index (χ1) is 8.58. The second kappa shape index (κ2) is 5.40. The van der Waals surface area contributed by atoms with Gasteiger partial charge in [0, 0.05) is 21.9 Å². The molecule has 0 aliphatic heterocycles. The van der Waals surface area contributed by atoms with Crippen molar-refractivity contribution in [3.8, 4) is 0 Å². The summed E-state index contributed by atoms with van der Waals surface area (Å²) in [4.78, 5) is 0.979. The molecule has 0 spiro atoms. The molecule has 94 valence electrons. The first-order valence-corrected chi connectivity index (χ1v) is 6.48. The number of hydrogen-bond acceptors (Lipinski definition) is 2. The SMILES string of the molecule is Cc1cc(N)ccc1SCc1c(F)cccc1F. The van der Waals surface area contributed by atoms with E-state index in [1.54, 1.807) is 6.07 Å². The fourth-order valence-electron chi connectivity index (χ4n) is 1.65. The smallest absolute Gasteiger partial charge is 0.130 e. The van der Waals surface area contributed by atoms with E-state index in [4.69, 9.17) is 5.73 Å². The van der Waals surface area contributed by atoms with Crippen LogP contribution in [0.4, 0.5) is 14.5 Å². The van der Waals surface area contributed by atoms with Gasteiger partial charge in [0.05, 0.1) is 0 Å². The molecule has 0 bridgehead atoms. The maximum atomic E-state index is 13.4.